The zero-order valence-corrected chi connectivity index (χ0v) is 14.5. The molecule has 0 atom stereocenters. The molecule has 1 aliphatic carbocycles. The second kappa shape index (κ2) is 8.32. The van der Waals surface area contributed by atoms with Gasteiger partial charge in [0.1, 0.15) is 0 Å². The van der Waals surface area contributed by atoms with Gasteiger partial charge in [-0.15, -0.1) is 0 Å². The van der Waals surface area contributed by atoms with E-state index < -0.39 is 0 Å². The van der Waals surface area contributed by atoms with E-state index in [2.05, 4.69) is 12.1 Å². The van der Waals surface area contributed by atoms with Crippen molar-refractivity contribution in [3.05, 3.63) is 35.9 Å². The highest BCUT2D eigenvalue weighted by molar-refractivity contribution is 5.80. The number of nitrogens with zero attached hydrogens (tertiary/aromatic N) is 2. The quantitative estimate of drug-likeness (QED) is 0.853. The fourth-order valence-corrected chi connectivity index (χ4v) is 3.84. The maximum Gasteiger partial charge on any atom is 0.225 e. The van der Waals surface area contributed by atoms with Crippen molar-refractivity contribution in [2.24, 2.45) is 5.92 Å². The first-order valence-electron chi connectivity index (χ1n) is 9.34. The zero-order chi connectivity index (χ0) is 16.8. The van der Waals surface area contributed by atoms with E-state index in [-0.39, 0.29) is 11.8 Å². The Balaban J connectivity index is 1.42. The summed E-state index contributed by atoms with van der Waals surface area (Å²) in [7, 11) is 0. The van der Waals surface area contributed by atoms with E-state index in [0.29, 0.717) is 38.5 Å². The molecule has 1 saturated carbocycles. The Morgan fingerprint density at radius 1 is 0.875 bits per heavy atom. The van der Waals surface area contributed by atoms with Gasteiger partial charge in [0.05, 0.1) is 0 Å². The average Bonchev–Trinajstić information content (AvgIpc) is 2.67. The summed E-state index contributed by atoms with van der Waals surface area (Å²) in [6.45, 7) is 2.77. The predicted molar refractivity (Wildman–Crippen MR) is 94.5 cm³/mol. The SMILES string of the molecule is O=C(CCc1ccccc1)N1CCN(C(=O)C2CCCCC2)CC1. The van der Waals surface area contributed by atoms with Gasteiger partial charge in [-0.25, -0.2) is 0 Å². The molecule has 2 amide bonds. The summed E-state index contributed by atoms with van der Waals surface area (Å²) in [4.78, 5) is 28.8. The number of carbonyl (C=O) groups excluding carboxylic acids is 2. The minimum absolute atomic E-state index is 0.212. The van der Waals surface area contributed by atoms with Gasteiger partial charge in [-0.05, 0) is 24.8 Å². The summed E-state index contributed by atoms with van der Waals surface area (Å²) in [5.41, 5.74) is 1.21. The average molecular weight is 328 g/mol. The molecule has 130 valence electrons. The standard InChI is InChI=1S/C20H28N2O2/c23-19(12-11-17-7-3-1-4-8-17)21-13-15-22(16-14-21)20(24)18-9-5-2-6-10-18/h1,3-4,7-8,18H,2,5-6,9-16H2. The Hall–Kier alpha value is -1.84. The van der Waals surface area contributed by atoms with Crippen LogP contribution < -0.4 is 0 Å². The number of amides is 2. The van der Waals surface area contributed by atoms with E-state index >= 15 is 0 Å². The number of hydrogen-bond acceptors (Lipinski definition) is 2. The Morgan fingerprint density at radius 2 is 1.50 bits per heavy atom. The number of carbonyl (C=O) groups is 2. The van der Waals surface area contributed by atoms with Gasteiger partial charge in [0.15, 0.2) is 0 Å². The second-order valence-electron chi connectivity index (χ2n) is 7.03. The van der Waals surface area contributed by atoms with E-state index in [1.54, 1.807) is 0 Å². The number of piperazine rings is 1. The largest absolute Gasteiger partial charge is 0.339 e. The molecule has 4 heteroatoms. The zero-order valence-electron chi connectivity index (χ0n) is 14.5. The highest BCUT2D eigenvalue weighted by Crippen LogP contribution is 2.25. The van der Waals surface area contributed by atoms with Crippen molar-refractivity contribution in [3.8, 4) is 0 Å². The van der Waals surface area contributed by atoms with Gasteiger partial charge in [-0.1, -0.05) is 49.6 Å². The van der Waals surface area contributed by atoms with Crippen LogP contribution in [0.5, 0.6) is 0 Å². The molecule has 0 unspecified atom stereocenters. The highest BCUT2D eigenvalue weighted by Gasteiger charge is 2.29. The Kier molecular flexibility index (Phi) is 5.89. The third-order valence-corrected chi connectivity index (χ3v) is 5.37. The summed E-state index contributed by atoms with van der Waals surface area (Å²) >= 11 is 0. The van der Waals surface area contributed by atoms with E-state index in [9.17, 15) is 9.59 Å². The number of benzene rings is 1. The van der Waals surface area contributed by atoms with Gasteiger partial charge in [0.25, 0.3) is 0 Å². The number of aryl methyl sites for hydroxylation is 1. The Bertz CT molecular complexity index is 544. The van der Waals surface area contributed by atoms with Crippen LogP contribution in [-0.2, 0) is 16.0 Å². The van der Waals surface area contributed by atoms with Crippen LogP contribution in [0.4, 0.5) is 0 Å². The summed E-state index contributed by atoms with van der Waals surface area (Å²) in [6.07, 6.45) is 7.10. The van der Waals surface area contributed by atoms with Crippen molar-refractivity contribution in [2.45, 2.75) is 44.9 Å². The van der Waals surface area contributed by atoms with Gasteiger partial charge in [0, 0.05) is 38.5 Å². The molecule has 0 N–H and O–H groups in total. The van der Waals surface area contributed by atoms with Gasteiger partial charge in [0.2, 0.25) is 11.8 Å². The Labute approximate surface area is 144 Å². The van der Waals surface area contributed by atoms with Crippen LogP contribution in [0.1, 0.15) is 44.1 Å². The van der Waals surface area contributed by atoms with E-state index in [4.69, 9.17) is 0 Å². The van der Waals surface area contributed by atoms with Crippen LogP contribution in [0, 0.1) is 5.92 Å². The minimum atomic E-state index is 0.212. The minimum Gasteiger partial charge on any atom is -0.339 e. The Morgan fingerprint density at radius 3 is 2.17 bits per heavy atom. The molecule has 4 nitrogen and oxygen atoms in total. The third-order valence-electron chi connectivity index (χ3n) is 5.37. The first kappa shape index (κ1) is 17.0. The van der Waals surface area contributed by atoms with Crippen molar-refractivity contribution in [1.82, 2.24) is 9.80 Å². The second-order valence-corrected chi connectivity index (χ2v) is 7.03. The van der Waals surface area contributed by atoms with E-state index in [0.717, 1.165) is 19.3 Å². The summed E-state index contributed by atoms with van der Waals surface area (Å²) in [5.74, 6) is 0.772. The highest BCUT2D eigenvalue weighted by atomic mass is 16.2. The summed E-state index contributed by atoms with van der Waals surface area (Å²) in [6, 6.07) is 10.1. The lowest BCUT2D eigenvalue weighted by molar-refractivity contribution is -0.142. The predicted octanol–water partition coefficient (Wildman–Crippen LogP) is 2.87. The molecular formula is C20H28N2O2. The van der Waals surface area contributed by atoms with Gasteiger partial charge in [-0.3, -0.25) is 9.59 Å². The fraction of sp³-hybridized carbons (Fsp3) is 0.600. The molecule has 24 heavy (non-hydrogen) atoms. The summed E-state index contributed by atoms with van der Waals surface area (Å²) in [5, 5.41) is 0. The molecule has 1 aromatic rings. The lowest BCUT2D eigenvalue weighted by atomic mass is 9.88. The molecule has 1 heterocycles. The molecule has 0 spiro atoms. The fourth-order valence-electron chi connectivity index (χ4n) is 3.84. The molecule has 0 bridgehead atoms. The van der Waals surface area contributed by atoms with Crippen LogP contribution in [0.25, 0.3) is 0 Å². The molecule has 0 radical (unpaired) electrons. The maximum absolute atomic E-state index is 12.6. The lowest BCUT2D eigenvalue weighted by Gasteiger charge is -2.37. The molecule has 1 aromatic carbocycles. The van der Waals surface area contributed by atoms with Crippen LogP contribution in [0.2, 0.25) is 0 Å². The van der Waals surface area contributed by atoms with Crippen molar-refractivity contribution >= 4 is 11.8 Å². The smallest absolute Gasteiger partial charge is 0.225 e. The monoisotopic (exact) mass is 328 g/mol. The topological polar surface area (TPSA) is 40.6 Å². The maximum atomic E-state index is 12.6. The number of hydrogen-bond donors (Lipinski definition) is 0. The van der Waals surface area contributed by atoms with Gasteiger partial charge in [-0.2, -0.15) is 0 Å². The molecule has 2 fully saturated rings. The van der Waals surface area contributed by atoms with Crippen LogP contribution >= 0.6 is 0 Å². The molecule has 2 aliphatic rings. The van der Waals surface area contributed by atoms with Crippen LogP contribution in [-0.4, -0.2) is 47.8 Å². The van der Waals surface area contributed by atoms with Crippen molar-refractivity contribution in [2.75, 3.05) is 26.2 Å². The third kappa shape index (κ3) is 4.37. The number of rotatable bonds is 4. The van der Waals surface area contributed by atoms with Crippen LogP contribution in [0.3, 0.4) is 0 Å². The van der Waals surface area contributed by atoms with Crippen molar-refractivity contribution in [1.29, 1.82) is 0 Å². The molecule has 1 saturated heterocycles. The first-order chi connectivity index (χ1) is 11.7. The first-order valence-corrected chi connectivity index (χ1v) is 9.34. The molecule has 3 rings (SSSR count). The van der Waals surface area contributed by atoms with Crippen molar-refractivity contribution in [3.63, 3.8) is 0 Å². The van der Waals surface area contributed by atoms with Gasteiger partial charge < -0.3 is 9.80 Å². The lowest BCUT2D eigenvalue weighted by Crippen LogP contribution is -2.52. The normalized spacial score (nSPS) is 19.3. The summed E-state index contributed by atoms with van der Waals surface area (Å²) < 4.78 is 0. The van der Waals surface area contributed by atoms with E-state index in [1.807, 2.05) is 28.0 Å². The van der Waals surface area contributed by atoms with E-state index in [1.165, 1.54) is 24.8 Å². The van der Waals surface area contributed by atoms with Gasteiger partial charge >= 0.3 is 0 Å². The van der Waals surface area contributed by atoms with Crippen molar-refractivity contribution < 1.29 is 9.59 Å². The van der Waals surface area contributed by atoms with Crippen LogP contribution in [0.15, 0.2) is 30.3 Å². The molecular weight excluding hydrogens is 300 g/mol. The molecule has 0 aromatic heterocycles. The molecule has 1 aliphatic heterocycles.